The zero-order valence-corrected chi connectivity index (χ0v) is 18.0. The van der Waals surface area contributed by atoms with Crippen LogP contribution in [0.5, 0.6) is 0 Å². The molecule has 0 atom stereocenters. The molecule has 8 heteroatoms. The number of anilines is 5. The highest BCUT2D eigenvalue weighted by atomic mass is 35.5. The first-order chi connectivity index (χ1) is 14.5. The van der Waals surface area contributed by atoms with Crippen molar-refractivity contribution in [2.24, 2.45) is 0 Å². The van der Waals surface area contributed by atoms with Crippen LogP contribution < -0.4 is 20.9 Å². The summed E-state index contributed by atoms with van der Waals surface area (Å²) in [6.45, 7) is 7.91. The molecular weight excluding hydrogens is 400 g/mol. The largest absolute Gasteiger partial charge is 0.357 e. The van der Waals surface area contributed by atoms with Gasteiger partial charge in [0.05, 0.1) is 0 Å². The number of urea groups is 1. The number of nitrogens with one attached hydrogen (secondary N) is 3. The first-order valence-electron chi connectivity index (χ1n) is 9.78. The Balaban J connectivity index is 1.64. The van der Waals surface area contributed by atoms with Gasteiger partial charge in [-0.25, -0.2) is 9.78 Å². The van der Waals surface area contributed by atoms with E-state index < -0.39 is 0 Å². The second-order valence-electron chi connectivity index (χ2n) is 6.66. The molecule has 3 aromatic rings. The molecule has 0 saturated carbocycles. The predicted molar refractivity (Wildman–Crippen MR) is 124 cm³/mol. The Hall–Kier alpha value is -3.32. The number of halogens is 1. The zero-order valence-electron chi connectivity index (χ0n) is 17.2. The lowest BCUT2D eigenvalue weighted by atomic mass is 10.3. The van der Waals surface area contributed by atoms with Crippen molar-refractivity contribution in [3.05, 3.63) is 65.3 Å². The van der Waals surface area contributed by atoms with Gasteiger partial charge in [0.2, 0.25) is 5.95 Å². The summed E-state index contributed by atoms with van der Waals surface area (Å²) >= 11 is 5.93. The molecule has 156 valence electrons. The summed E-state index contributed by atoms with van der Waals surface area (Å²) < 4.78 is 0. The van der Waals surface area contributed by atoms with Crippen molar-refractivity contribution in [3.8, 4) is 0 Å². The van der Waals surface area contributed by atoms with Crippen LogP contribution in [0.3, 0.4) is 0 Å². The number of hydrogen-bond donors (Lipinski definition) is 3. The Morgan fingerprint density at radius 1 is 0.933 bits per heavy atom. The van der Waals surface area contributed by atoms with Gasteiger partial charge < -0.3 is 20.9 Å². The van der Waals surface area contributed by atoms with Gasteiger partial charge in [-0.3, -0.25) is 0 Å². The Labute approximate surface area is 181 Å². The molecule has 0 aliphatic rings. The average Bonchev–Trinajstić information content (AvgIpc) is 2.70. The van der Waals surface area contributed by atoms with E-state index in [0.29, 0.717) is 22.3 Å². The van der Waals surface area contributed by atoms with Gasteiger partial charge in [0.1, 0.15) is 5.82 Å². The lowest BCUT2D eigenvalue weighted by Crippen LogP contribution is -2.23. The molecule has 2 aromatic carbocycles. The molecule has 1 heterocycles. The fourth-order valence-electron chi connectivity index (χ4n) is 2.94. The van der Waals surface area contributed by atoms with Crippen LogP contribution in [0.25, 0.3) is 0 Å². The summed E-state index contributed by atoms with van der Waals surface area (Å²) in [5.74, 6) is 1.43. The van der Waals surface area contributed by atoms with E-state index in [1.165, 1.54) is 0 Å². The SMILES string of the molecule is CCN(CC)c1cc(C)nc(Nc2ccc(NC(=O)Nc3cccc(Cl)c3)cc2)n1. The fourth-order valence-corrected chi connectivity index (χ4v) is 3.13. The highest BCUT2D eigenvalue weighted by molar-refractivity contribution is 6.30. The minimum atomic E-state index is -0.344. The molecule has 3 N–H and O–H groups in total. The third-order valence-corrected chi connectivity index (χ3v) is 4.64. The van der Waals surface area contributed by atoms with Crippen LogP contribution in [0.15, 0.2) is 54.6 Å². The van der Waals surface area contributed by atoms with Gasteiger partial charge in [0, 0.05) is 46.9 Å². The molecule has 0 fully saturated rings. The minimum absolute atomic E-state index is 0.344. The van der Waals surface area contributed by atoms with Crippen molar-refractivity contribution in [1.82, 2.24) is 9.97 Å². The van der Waals surface area contributed by atoms with Gasteiger partial charge in [-0.15, -0.1) is 0 Å². The maximum atomic E-state index is 12.2. The van der Waals surface area contributed by atoms with E-state index in [9.17, 15) is 4.79 Å². The van der Waals surface area contributed by atoms with Crippen LogP contribution in [-0.2, 0) is 0 Å². The molecule has 0 saturated heterocycles. The van der Waals surface area contributed by atoms with Gasteiger partial charge in [0.25, 0.3) is 0 Å². The Kier molecular flexibility index (Phi) is 7.08. The van der Waals surface area contributed by atoms with Gasteiger partial charge >= 0.3 is 6.03 Å². The van der Waals surface area contributed by atoms with E-state index in [1.807, 2.05) is 25.1 Å². The van der Waals surface area contributed by atoms with Crippen molar-refractivity contribution in [3.63, 3.8) is 0 Å². The van der Waals surface area contributed by atoms with Gasteiger partial charge in [-0.05, 0) is 63.2 Å². The molecule has 2 amide bonds. The van der Waals surface area contributed by atoms with E-state index >= 15 is 0 Å². The molecule has 0 aliphatic carbocycles. The van der Waals surface area contributed by atoms with Crippen molar-refractivity contribution in [2.45, 2.75) is 20.8 Å². The lowest BCUT2D eigenvalue weighted by Gasteiger charge is -2.20. The number of carbonyl (C=O) groups excluding carboxylic acids is 1. The highest BCUT2D eigenvalue weighted by Crippen LogP contribution is 2.20. The van der Waals surface area contributed by atoms with E-state index in [2.05, 4.69) is 44.7 Å². The number of carbonyl (C=O) groups is 1. The van der Waals surface area contributed by atoms with Crippen molar-refractivity contribution in [2.75, 3.05) is 33.9 Å². The van der Waals surface area contributed by atoms with Crippen LogP contribution in [0.1, 0.15) is 19.5 Å². The molecule has 3 rings (SSSR count). The number of aromatic nitrogens is 2. The molecule has 0 spiro atoms. The fraction of sp³-hybridized carbons (Fsp3) is 0.227. The molecule has 7 nitrogen and oxygen atoms in total. The quantitative estimate of drug-likeness (QED) is 0.455. The average molecular weight is 425 g/mol. The minimum Gasteiger partial charge on any atom is -0.357 e. The van der Waals surface area contributed by atoms with Crippen LogP contribution in [0.4, 0.5) is 33.6 Å². The summed E-state index contributed by atoms with van der Waals surface area (Å²) in [7, 11) is 0. The molecule has 0 aliphatic heterocycles. The second-order valence-corrected chi connectivity index (χ2v) is 7.09. The summed E-state index contributed by atoms with van der Waals surface area (Å²) in [5.41, 5.74) is 3.00. The van der Waals surface area contributed by atoms with Crippen LogP contribution >= 0.6 is 11.6 Å². The summed E-state index contributed by atoms with van der Waals surface area (Å²) in [6, 6.07) is 15.9. The topological polar surface area (TPSA) is 82.2 Å². The normalized spacial score (nSPS) is 10.4. The van der Waals surface area contributed by atoms with Crippen molar-refractivity contribution in [1.29, 1.82) is 0 Å². The number of aryl methyl sites for hydroxylation is 1. The standard InChI is InChI=1S/C22H25ClN6O/c1-4-29(5-2)20-13-15(3)24-21(28-20)25-17-9-11-18(12-10-17)26-22(30)27-19-8-6-7-16(23)14-19/h6-14H,4-5H2,1-3H3,(H,24,25,28)(H2,26,27,30). The number of benzene rings is 2. The van der Waals surface area contributed by atoms with Crippen LogP contribution in [0, 0.1) is 6.92 Å². The second kappa shape index (κ2) is 9.93. The summed E-state index contributed by atoms with van der Waals surface area (Å²) in [4.78, 5) is 23.4. The zero-order chi connectivity index (χ0) is 21.5. The van der Waals surface area contributed by atoms with E-state index in [-0.39, 0.29) is 6.03 Å². The Morgan fingerprint density at radius 2 is 1.60 bits per heavy atom. The maximum absolute atomic E-state index is 12.2. The monoisotopic (exact) mass is 424 g/mol. The first kappa shape index (κ1) is 21.4. The molecule has 0 bridgehead atoms. The first-order valence-corrected chi connectivity index (χ1v) is 10.2. The highest BCUT2D eigenvalue weighted by Gasteiger charge is 2.08. The maximum Gasteiger partial charge on any atom is 0.323 e. The molecule has 1 aromatic heterocycles. The Morgan fingerprint density at radius 3 is 2.27 bits per heavy atom. The van der Waals surface area contributed by atoms with Crippen molar-refractivity contribution < 1.29 is 4.79 Å². The van der Waals surface area contributed by atoms with Gasteiger partial charge in [0.15, 0.2) is 0 Å². The third-order valence-electron chi connectivity index (χ3n) is 4.41. The van der Waals surface area contributed by atoms with Gasteiger partial charge in [-0.2, -0.15) is 4.98 Å². The molecule has 0 radical (unpaired) electrons. The Bertz CT molecular complexity index is 1000. The summed E-state index contributed by atoms with van der Waals surface area (Å²) in [5, 5.41) is 9.32. The van der Waals surface area contributed by atoms with Gasteiger partial charge in [-0.1, -0.05) is 17.7 Å². The lowest BCUT2D eigenvalue weighted by molar-refractivity contribution is 0.262. The number of amides is 2. The number of nitrogens with zero attached hydrogens (tertiary/aromatic N) is 3. The van der Waals surface area contributed by atoms with Crippen LogP contribution in [-0.4, -0.2) is 29.1 Å². The van der Waals surface area contributed by atoms with E-state index in [4.69, 9.17) is 11.6 Å². The smallest absolute Gasteiger partial charge is 0.323 e. The van der Waals surface area contributed by atoms with E-state index in [1.54, 1.807) is 36.4 Å². The van der Waals surface area contributed by atoms with Crippen LogP contribution in [0.2, 0.25) is 5.02 Å². The predicted octanol–water partition coefficient (Wildman–Crippen LogP) is 5.67. The number of rotatable bonds is 7. The summed E-state index contributed by atoms with van der Waals surface area (Å²) in [6.07, 6.45) is 0. The number of hydrogen-bond acceptors (Lipinski definition) is 5. The molecular formula is C22H25ClN6O. The van der Waals surface area contributed by atoms with E-state index in [0.717, 1.165) is 30.3 Å². The molecule has 30 heavy (non-hydrogen) atoms. The third kappa shape index (κ3) is 5.84. The van der Waals surface area contributed by atoms with Crippen molar-refractivity contribution >= 4 is 46.5 Å². The molecule has 0 unspecified atom stereocenters.